The standard InChI is InChI=1S/C39H68N4O9/c1-25(2)29(21-28-13-14-33(49-11)34(22-28)51-18-12-17-48-10)23-31(40-38(47)52-39(7,8)9)32(44)24-30(26(3)4)36(45)41-35(27(5)6)37(46)42-43-15-19-50-20-16-43/h13-14,22,25-27,29-32,35,44H,12,15-21,23-24H2,1-11H3,(H,40,47)(H,41,45)(H,42,46)/t29-,30-,31-,32-,35-/m0/s1. The summed E-state index contributed by atoms with van der Waals surface area (Å²) in [7, 11) is 3.26. The Morgan fingerprint density at radius 2 is 1.56 bits per heavy atom. The van der Waals surface area contributed by atoms with E-state index in [0.717, 1.165) is 12.0 Å². The van der Waals surface area contributed by atoms with Gasteiger partial charge in [-0.25, -0.2) is 9.80 Å². The number of hydrogen-bond donors (Lipinski definition) is 4. The highest BCUT2D eigenvalue weighted by molar-refractivity contribution is 5.88. The zero-order valence-corrected chi connectivity index (χ0v) is 33.6. The molecule has 0 bridgehead atoms. The van der Waals surface area contributed by atoms with Gasteiger partial charge in [0.05, 0.1) is 39.1 Å². The van der Waals surface area contributed by atoms with Crippen molar-refractivity contribution in [2.75, 3.05) is 53.7 Å². The molecule has 298 valence electrons. The van der Waals surface area contributed by atoms with E-state index < -0.39 is 35.8 Å². The van der Waals surface area contributed by atoms with Crippen molar-refractivity contribution < 1.29 is 43.2 Å². The van der Waals surface area contributed by atoms with Gasteiger partial charge in [0.25, 0.3) is 5.91 Å². The maximum absolute atomic E-state index is 13.9. The maximum Gasteiger partial charge on any atom is 0.407 e. The molecule has 1 aliphatic rings. The number of morpholine rings is 1. The molecule has 5 atom stereocenters. The number of ether oxygens (including phenoxy) is 5. The van der Waals surface area contributed by atoms with Crippen molar-refractivity contribution in [2.45, 2.75) is 112 Å². The average molecular weight is 737 g/mol. The number of hydrazine groups is 1. The predicted octanol–water partition coefficient (Wildman–Crippen LogP) is 4.74. The highest BCUT2D eigenvalue weighted by Crippen LogP contribution is 2.32. The van der Waals surface area contributed by atoms with Crippen molar-refractivity contribution in [3.05, 3.63) is 23.8 Å². The fraction of sp³-hybridized carbons (Fsp3) is 0.769. The van der Waals surface area contributed by atoms with Gasteiger partial charge in [0.15, 0.2) is 11.5 Å². The summed E-state index contributed by atoms with van der Waals surface area (Å²) in [6.45, 7) is 20.4. The molecule has 1 aromatic rings. The van der Waals surface area contributed by atoms with Crippen LogP contribution < -0.4 is 25.5 Å². The molecule has 52 heavy (non-hydrogen) atoms. The number of benzene rings is 1. The molecule has 0 aliphatic carbocycles. The molecule has 0 saturated carbocycles. The summed E-state index contributed by atoms with van der Waals surface area (Å²) in [6, 6.07) is 4.38. The zero-order valence-electron chi connectivity index (χ0n) is 33.6. The Morgan fingerprint density at radius 3 is 2.12 bits per heavy atom. The number of carbonyl (C=O) groups is 3. The Hall–Kier alpha value is -3.13. The second-order valence-electron chi connectivity index (χ2n) is 15.8. The van der Waals surface area contributed by atoms with E-state index >= 15 is 0 Å². The van der Waals surface area contributed by atoms with Gasteiger partial charge in [-0.2, -0.15) is 0 Å². The van der Waals surface area contributed by atoms with Crippen LogP contribution in [0.1, 0.15) is 87.1 Å². The van der Waals surface area contributed by atoms with Crippen molar-refractivity contribution in [2.24, 2.45) is 29.6 Å². The van der Waals surface area contributed by atoms with Crippen LogP contribution in [-0.4, -0.2) is 106 Å². The lowest BCUT2D eigenvalue weighted by molar-refractivity contribution is -0.137. The molecule has 13 heteroatoms. The highest BCUT2D eigenvalue weighted by atomic mass is 16.6. The van der Waals surface area contributed by atoms with E-state index in [4.69, 9.17) is 23.7 Å². The lowest BCUT2D eigenvalue weighted by Crippen LogP contribution is -2.57. The summed E-state index contributed by atoms with van der Waals surface area (Å²) in [5, 5.41) is 19.6. The van der Waals surface area contributed by atoms with Crippen molar-refractivity contribution in [3.63, 3.8) is 0 Å². The molecule has 1 fully saturated rings. The number of hydrogen-bond acceptors (Lipinski definition) is 10. The summed E-state index contributed by atoms with van der Waals surface area (Å²) < 4.78 is 27.7. The normalized spacial score (nSPS) is 16.9. The molecule has 1 aromatic carbocycles. The molecule has 0 unspecified atom stereocenters. The Balaban J connectivity index is 2.30. The van der Waals surface area contributed by atoms with E-state index in [0.29, 0.717) is 63.9 Å². The third-order valence-corrected chi connectivity index (χ3v) is 9.31. The number of nitrogens with zero attached hydrogens (tertiary/aromatic N) is 1. The summed E-state index contributed by atoms with van der Waals surface area (Å²) in [4.78, 5) is 40.3. The Morgan fingerprint density at radius 1 is 0.885 bits per heavy atom. The number of methoxy groups -OCH3 is 2. The van der Waals surface area contributed by atoms with E-state index in [-0.39, 0.29) is 41.9 Å². The topological polar surface area (TPSA) is 157 Å². The van der Waals surface area contributed by atoms with Crippen LogP contribution in [0.5, 0.6) is 11.5 Å². The van der Waals surface area contributed by atoms with Gasteiger partial charge < -0.3 is 39.4 Å². The van der Waals surface area contributed by atoms with Gasteiger partial charge in [0, 0.05) is 39.1 Å². The van der Waals surface area contributed by atoms with Crippen LogP contribution >= 0.6 is 0 Å². The molecule has 4 N–H and O–H groups in total. The van der Waals surface area contributed by atoms with E-state index in [2.05, 4.69) is 29.9 Å². The second-order valence-corrected chi connectivity index (χ2v) is 15.8. The monoisotopic (exact) mass is 736 g/mol. The van der Waals surface area contributed by atoms with Crippen molar-refractivity contribution in [3.8, 4) is 11.5 Å². The van der Waals surface area contributed by atoms with Crippen LogP contribution in [0.2, 0.25) is 0 Å². The van der Waals surface area contributed by atoms with Crippen LogP contribution in [0.15, 0.2) is 18.2 Å². The fourth-order valence-corrected chi connectivity index (χ4v) is 6.14. The number of carbonyl (C=O) groups excluding carboxylic acids is 3. The van der Waals surface area contributed by atoms with Crippen molar-refractivity contribution in [1.29, 1.82) is 0 Å². The summed E-state index contributed by atoms with van der Waals surface area (Å²) in [5.41, 5.74) is 3.21. The molecule has 1 heterocycles. The minimum atomic E-state index is -1.08. The first kappa shape index (κ1) is 45.0. The van der Waals surface area contributed by atoms with Gasteiger partial charge in [-0.15, -0.1) is 0 Å². The number of aliphatic hydroxyl groups is 1. The van der Waals surface area contributed by atoms with Crippen molar-refractivity contribution >= 4 is 17.9 Å². The molecule has 2 rings (SSSR count). The summed E-state index contributed by atoms with van der Waals surface area (Å²) >= 11 is 0. The van der Waals surface area contributed by atoms with Gasteiger partial charge in [-0.05, 0) is 81.4 Å². The minimum Gasteiger partial charge on any atom is -0.493 e. The lowest BCUT2D eigenvalue weighted by Gasteiger charge is -2.34. The van der Waals surface area contributed by atoms with Crippen LogP contribution in [0.4, 0.5) is 4.79 Å². The fourth-order valence-electron chi connectivity index (χ4n) is 6.14. The number of rotatable bonds is 21. The smallest absolute Gasteiger partial charge is 0.407 e. The SMILES string of the molecule is COCCCOc1cc(C[C@@H](C[C@H](NC(=O)OC(C)(C)C)[C@@H](O)C[C@H](C(=O)N[C@H](C(=O)NN2CCOCC2)C(C)C)C(C)C)C(C)C)ccc1OC. The quantitative estimate of drug-likeness (QED) is 0.130. The van der Waals surface area contributed by atoms with Crippen LogP contribution in [0.3, 0.4) is 0 Å². The highest BCUT2D eigenvalue weighted by Gasteiger charge is 2.35. The van der Waals surface area contributed by atoms with Crippen LogP contribution in [0, 0.1) is 29.6 Å². The second kappa shape index (κ2) is 22.2. The first-order chi connectivity index (χ1) is 24.4. The third kappa shape index (κ3) is 15.9. The molecular formula is C39H68N4O9. The Labute approximate surface area is 312 Å². The molecule has 13 nitrogen and oxygen atoms in total. The van der Waals surface area contributed by atoms with Gasteiger partial charge in [0.2, 0.25) is 5.91 Å². The van der Waals surface area contributed by atoms with Crippen molar-refractivity contribution in [1.82, 2.24) is 21.1 Å². The van der Waals surface area contributed by atoms with Gasteiger partial charge in [-0.3, -0.25) is 15.0 Å². The Bertz CT molecular complexity index is 1230. The number of alkyl carbamates (subject to hydrolysis) is 1. The first-order valence-corrected chi connectivity index (χ1v) is 18.8. The average Bonchev–Trinajstić information content (AvgIpc) is 3.06. The summed E-state index contributed by atoms with van der Waals surface area (Å²) in [6.07, 6.45) is 0.174. The van der Waals surface area contributed by atoms with E-state index in [1.54, 1.807) is 40.0 Å². The van der Waals surface area contributed by atoms with Crippen LogP contribution in [-0.2, 0) is 30.2 Å². The first-order valence-electron chi connectivity index (χ1n) is 18.8. The van der Waals surface area contributed by atoms with Gasteiger partial charge in [-0.1, -0.05) is 47.6 Å². The van der Waals surface area contributed by atoms with Crippen LogP contribution in [0.25, 0.3) is 0 Å². The molecule has 1 saturated heterocycles. The van der Waals surface area contributed by atoms with Gasteiger partial charge in [0.1, 0.15) is 11.6 Å². The lowest BCUT2D eigenvalue weighted by atomic mass is 9.80. The van der Waals surface area contributed by atoms with Gasteiger partial charge >= 0.3 is 6.09 Å². The number of nitrogens with one attached hydrogen (secondary N) is 3. The molecule has 0 radical (unpaired) electrons. The molecule has 0 aromatic heterocycles. The molecule has 0 spiro atoms. The summed E-state index contributed by atoms with van der Waals surface area (Å²) in [5.74, 6) is -0.0805. The Kier molecular flexibility index (Phi) is 19.2. The number of amides is 3. The van der Waals surface area contributed by atoms with E-state index in [1.165, 1.54) is 0 Å². The molecule has 1 aliphatic heterocycles. The largest absolute Gasteiger partial charge is 0.493 e. The number of aliphatic hydroxyl groups excluding tert-OH is 1. The minimum absolute atomic E-state index is 0.0323. The maximum atomic E-state index is 13.9. The van der Waals surface area contributed by atoms with E-state index in [1.807, 2.05) is 45.9 Å². The van der Waals surface area contributed by atoms with E-state index in [9.17, 15) is 19.5 Å². The third-order valence-electron chi connectivity index (χ3n) is 9.31. The molecule has 3 amide bonds. The predicted molar refractivity (Wildman–Crippen MR) is 201 cm³/mol. The zero-order chi connectivity index (χ0) is 39.0. The molecular weight excluding hydrogens is 668 g/mol.